The lowest BCUT2D eigenvalue weighted by Gasteiger charge is -2.16. The molecule has 2 atom stereocenters. The van der Waals surface area contributed by atoms with Gasteiger partial charge in [0.2, 0.25) is 0 Å². The van der Waals surface area contributed by atoms with Crippen LogP contribution in [0.4, 0.5) is 0 Å². The monoisotopic (exact) mass is 275 g/mol. The first-order valence-electron chi connectivity index (χ1n) is 4.81. The summed E-state index contributed by atoms with van der Waals surface area (Å²) in [6.07, 6.45) is 2.46. The molecule has 1 aromatic heterocycles. The molecule has 0 aromatic carbocycles. The van der Waals surface area contributed by atoms with Gasteiger partial charge < -0.3 is 10.5 Å². The summed E-state index contributed by atoms with van der Waals surface area (Å²) < 4.78 is 6.74. The highest BCUT2D eigenvalue weighted by Crippen LogP contribution is 2.33. The predicted molar refractivity (Wildman–Crippen MR) is 62.7 cm³/mol. The smallest absolute Gasteiger partial charge is 0.0776 e. The van der Waals surface area contributed by atoms with Gasteiger partial charge in [0.25, 0.3) is 0 Å². The number of aryl methyl sites for hydroxylation is 1. The molecule has 1 fully saturated rings. The van der Waals surface area contributed by atoms with E-state index < -0.39 is 0 Å². The van der Waals surface area contributed by atoms with E-state index in [2.05, 4.69) is 28.9 Å². The van der Waals surface area contributed by atoms with Crippen molar-refractivity contribution in [3.8, 4) is 0 Å². The molecule has 14 heavy (non-hydrogen) atoms. The Kier molecular flexibility index (Phi) is 3.27. The van der Waals surface area contributed by atoms with Crippen molar-refractivity contribution in [2.75, 3.05) is 6.61 Å². The minimum Gasteiger partial charge on any atom is -0.376 e. The molecular weight excluding hydrogens is 262 g/mol. The molecule has 0 aliphatic carbocycles. The molecule has 0 amide bonds. The van der Waals surface area contributed by atoms with Gasteiger partial charge >= 0.3 is 0 Å². The third-order valence-electron chi connectivity index (χ3n) is 2.57. The van der Waals surface area contributed by atoms with Crippen molar-refractivity contribution in [2.24, 2.45) is 5.73 Å². The quantitative estimate of drug-likeness (QED) is 0.901. The van der Waals surface area contributed by atoms with Gasteiger partial charge in [-0.3, -0.25) is 0 Å². The van der Waals surface area contributed by atoms with Crippen molar-refractivity contribution in [1.82, 2.24) is 0 Å². The standard InChI is InChI=1S/C10H14BrNOS/c1-6-7(11)5-9(14-6)10(12)8-3-2-4-13-8/h5,8,10H,2-4,12H2,1H3. The number of thiophene rings is 1. The number of nitrogens with two attached hydrogens (primary N) is 1. The molecule has 0 spiro atoms. The molecule has 1 aromatic rings. The van der Waals surface area contributed by atoms with E-state index in [0.717, 1.165) is 23.9 Å². The molecule has 1 aliphatic heterocycles. The van der Waals surface area contributed by atoms with E-state index in [4.69, 9.17) is 10.5 Å². The third-order valence-corrected chi connectivity index (χ3v) is 4.81. The fraction of sp³-hybridized carbons (Fsp3) is 0.600. The summed E-state index contributed by atoms with van der Waals surface area (Å²) in [5.74, 6) is 0. The molecule has 0 bridgehead atoms. The van der Waals surface area contributed by atoms with Crippen molar-refractivity contribution >= 4 is 27.3 Å². The van der Waals surface area contributed by atoms with Gasteiger partial charge in [0, 0.05) is 20.8 Å². The topological polar surface area (TPSA) is 35.2 Å². The maximum Gasteiger partial charge on any atom is 0.0776 e. The molecule has 2 unspecified atom stereocenters. The Morgan fingerprint density at radius 2 is 2.50 bits per heavy atom. The molecule has 2 rings (SSSR count). The highest BCUT2D eigenvalue weighted by molar-refractivity contribution is 9.10. The van der Waals surface area contributed by atoms with Gasteiger partial charge in [-0.05, 0) is 41.8 Å². The number of hydrogen-bond donors (Lipinski definition) is 1. The molecule has 2 heterocycles. The van der Waals surface area contributed by atoms with Crippen LogP contribution in [0.1, 0.15) is 28.6 Å². The first-order chi connectivity index (χ1) is 6.68. The predicted octanol–water partition coefficient (Wildman–Crippen LogP) is 3.00. The Labute approximate surface area is 96.6 Å². The zero-order chi connectivity index (χ0) is 10.1. The lowest BCUT2D eigenvalue weighted by atomic mass is 10.1. The highest BCUT2D eigenvalue weighted by Gasteiger charge is 2.25. The van der Waals surface area contributed by atoms with Crippen LogP contribution in [0.3, 0.4) is 0 Å². The van der Waals surface area contributed by atoms with Gasteiger partial charge in [-0.15, -0.1) is 11.3 Å². The van der Waals surface area contributed by atoms with Gasteiger partial charge in [-0.25, -0.2) is 0 Å². The van der Waals surface area contributed by atoms with E-state index in [1.165, 1.54) is 9.75 Å². The lowest BCUT2D eigenvalue weighted by molar-refractivity contribution is 0.0909. The summed E-state index contributed by atoms with van der Waals surface area (Å²) >= 11 is 5.26. The summed E-state index contributed by atoms with van der Waals surface area (Å²) in [6, 6.07) is 2.17. The number of rotatable bonds is 2. The molecule has 0 radical (unpaired) electrons. The molecule has 2 nitrogen and oxygen atoms in total. The summed E-state index contributed by atoms with van der Waals surface area (Å²) in [7, 11) is 0. The number of ether oxygens (including phenoxy) is 1. The Bertz CT molecular complexity index is 300. The van der Waals surface area contributed by atoms with Crippen LogP contribution in [0.5, 0.6) is 0 Å². The van der Waals surface area contributed by atoms with Gasteiger partial charge in [0.15, 0.2) is 0 Å². The zero-order valence-electron chi connectivity index (χ0n) is 8.13. The minimum atomic E-state index is 0.0486. The first-order valence-corrected chi connectivity index (χ1v) is 6.42. The largest absolute Gasteiger partial charge is 0.376 e. The van der Waals surface area contributed by atoms with Crippen LogP contribution in [0.2, 0.25) is 0 Å². The van der Waals surface area contributed by atoms with Gasteiger partial charge in [0.1, 0.15) is 0 Å². The van der Waals surface area contributed by atoms with Crippen LogP contribution < -0.4 is 5.73 Å². The van der Waals surface area contributed by atoms with Gasteiger partial charge in [0.05, 0.1) is 12.1 Å². The summed E-state index contributed by atoms with van der Waals surface area (Å²) in [4.78, 5) is 2.51. The van der Waals surface area contributed by atoms with E-state index in [0.29, 0.717) is 0 Å². The Hall–Kier alpha value is 0.100. The second kappa shape index (κ2) is 4.31. The fourth-order valence-corrected chi connectivity index (χ4v) is 3.33. The summed E-state index contributed by atoms with van der Waals surface area (Å²) in [6.45, 7) is 2.96. The number of halogens is 1. The normalized spacial score (nSPS) is 24.1. The Morgan fingerprint density at radius 3 is 3.00 bits per heavy atom. The van der Waals surface area contributed by atoms with E-state index in [1.54, 1.807) is 11.3 Å². The molecule has 2 N–H and O–H groups in total. The molecule has 0 saturated carbocycles. The zero-order valence-corrected chi connectivity index (χ0v) is 10.5. The number of hydrogen-bond acceptors (Lipinski definition) is 3. The highest BCUT2D eigenvalue weighted by atomic mass is 79.9. The van der Waals surface area contributed by atoms with Gasteiger partial charge in [-0.1, -0.05) is 0 Å². The van der Waals surface area contributed by atoms with Gasteiger partial charge in [-0.2, -0.15) is 0 Å². The maximum absolute atomic E-state index is 6.15. The summed E-state index contributed by atoms with van der Waals surface area (Å²) in [5, 5.41) is 0. The SMILES string of the molecule is Cc1sc(C(N)C2CCCO2)cc1Br. The average Bonchev–Trinajstić information content (AvgIpc) is 2.76. The van der Waals surface area contributed by atoms with Crippen LogP contribution >= 0.6 is 27.3 Å². The molecule has 1 saturated heterocycles. The second-order valence-electron chi connectivity index (χ2n) is 3.63. The van der Waals surface area contributed by atoms with E-state index >= 15 is 0 Å². The fourth-order valence-electron chi connectivity index (χ4n) is 1.71. The second-order valence-corrected chi connectivity index (χ2v) is 5.77. The van der Waals surface area contributed by atoms with E-state index in [-0.39, 0.29) is 12.1 Å². The van der Waals surface area contributed by atoms with Crippen LogP contribution in [0.25, 0.3) is 0 Å². The third kappa shape index (κ3) is 2.03. The van der Waals surface area contributed by atoms with Crippen molar-refractivity contribution in [3.05, 3.63) is 20.3 Å². The Morgan fingerprint density at radius 1 is 1.71 bits per heavy atom. The van der Waals surface area contributed by atoms with Crippen LogP contribution in [-0.2, 0) is 4.74 Å². The van der Waals surface area contributed by atoms with Crippen molar-refractivity contribution in [1.29, 1.82) is 0 Å². The van der Waals surface area contributed by atoms with E-state index in [1.807, 2.05) is 0 Å². The maximum atomic E-state index is 6.15. The molecular formula is C10H14BrNOS. The van der Waals surface area contributed by atoms with Crippen molar-refractivity contribution in [2.45, 2.75) is 31.9 Å². The van der Waals surface area contributed by atoms with E-state index in [9.17, 15) is 0 Å². The first kappa shape index (κ1) is 10.6. The molecule has 78 valence electrons. The van der Waals surface area contributed by atoms with Crippen LogP contribution in [-0.4, -0.2) is 12.7 Å². The minimum absolute atomic E-state index is 0.0486. The summed E-state index contributed by atoms with van der Waals surface area (Å²) in [5.41, 5.74) is 6.15. The van der Waals surface area contributed by atoms with Crippen LogP contribution in [0, 0.1) is 6.92 Å². The molecule has 4 heteroatoms. The van der Waals surface area contributed by atoms with Crippen molar-refractivity contribution in [3.63, 3.8) is 0 Å². The molecule has 1 aliphatic rings. The van der Waals surface area contributed by atoms with Crippen molar-refractivity contribution < 1.29 is 4.74 Å². The average molecular weight is 276 g/mol. The van der Waals surface area contributed by atoms with Crippen LogP contribution in [0.15, 0.2) is 10.5 Å². The Balaban J connectivity index is 2.13. The lowest BCUT2D eigenvalue weighted by Crippen LogP contribution is -2.24.